The molecule has 44 heavy (non-hydrogen) atoms. The number of carbonyl (C=O) groups excluding carboxylic acids is 3. The second kappa shape index (κ2) is 11.2. The first kappa shape index (κ1) is 28.3. The molecule has 0 bridgehead atoms. The van der Waals surface area contributed by atoms with Gasteiger partial charge in [0.2, 0.25) is 0 Å². The summed E-state index contributed by atoms with van der Waals surface area (Å²) in [5.74, 6) is -1.15. The number of carbonyl (C=O) groups is 3. The number of hydrogen-bond acceptors (Lipinski definition) is 7. The first-order valence-corrected chi connectivity index (χ1v) is 15.6. The molecule has 1 saturated heterocycles. The summed E-state index contributed by atoms with van der Waals surface area (Å²) in [5.41, 5.74) is 6.98. The number of rotatable bonds is 5. The highest BCUT2D eigenvalue weighted by molar-refractivity contribution is 9.10. The summed E-state index contributed by atoms with van der Waals surface area (Å²) < 4.78 is 0.744. The molecule has 3 heterocycles. The van der Waals surface area contributed by atoms with Crippen molar-refractivity contribution in [2.24, 2.45) is 21.4 Å². The molecule has 1 saturated carbocycles. The van der Waals surface area contributed by atoms with Gasteiger partial charge in [0, 0.05) is 10.4 Å². The Morgan fingerprint density at radius 2 is 1.68 bits per heavy atom. The number of aryl methyl sites for hydroxylation is 2. The quantitative estimate of drug-likeness (QED) is 0.308. The largest absolute Gasteiger partial charge is 0.271 e. The fraction of sp³-hybridized carbons (Fsp3) is 0.294. The monoisotopic (exact) mass is 650 g/mol. The Labute approximate surface area is 264 Å². The summed E-state index contributed by atoms with van der Waals surface area (Å²) in [7, 11) is 0. The van der Waals surface area contributed by atoms with Gasteiger partial charge in [-0.2, -0.15) is 10.2 Å². The molecule has 9 nitrogen and oxygen atoms in total. The van der Waals surface area contributed by atoms with Crippen LogP contribution >= 0.6 is 15.9 Å². The van der Waals surface area contributed by atoms with Gasteiger partial charge in [-0.3, -0.25) is 19.4 Å². The second-order valence-electron chi connectivity index (χ2n) is 11.8. The molecule has 3 aromatic carbocycles. The van der Waals surface area contributed by atoms with Crippen molar-refractivity contribution in [1.82, 2.24) is 10.0 Å². The van der Waals surface area contributed by atoms with Crippen LogP contribution in [0, 0.1) is 19.8 Å². The first-order chi connectivity index (χ1) is 21.3. The average molecular weight is 652 g/mol. The number of benzene rings is 3. The van der Waals surface area contributed by atoms with E-state index >= 15 is 0 Å². The molecule has 1 aliphatic carbocycles. The number of hydrazone groups is 1. The summed E-state index contributed by atoms with van der Waals surface area (Å²) in [4.78, 5) is 42.0. The topological polar surface area (TPSA) is 98.0 Å². The summed E-state index contributed by atoms with van der Waals surface area (Å²) >= 11 is 3.40. The van der Waals surface area contributed by atoms with E-state index in [1.165, 1.54) is 10.6 Å². The lowest BCUT2D eigenvalue weighted by Crippen LogP contribution is -2.45. The molecular formula is C34H31BrN6O3. The van der Waals surface area contributed by atoms with Gasteiger partial charge in [-0.25, -0.2) is 9.91 Å². The number of anilines is 1. The predicted octanol–water partition coefficient (Wildman–Crippen LogP) is 6.18. The molecule has 2 fully saturated rings. The Morgan fingerprint density at radius 3 is 2.41 bits per heavy atom. The zero-order chi connectivity index (χ0) is 30.5. The molecule has 3 amide bonds. The van der Waals surface area contributed by atoms with E-state index in [-0.39, 0.29) is 24.4 Å². The third-order valence-electron chi connectivity index (χ3n) is 8.82. The molecule has 3 aliphatic heterocycles. The van der Waals surface area contributed by atoms with Gasteiger partial charge in [0.05, 0.1) is 17.4 Å². The molecule has 4 aliphatic rings. The van der Waals surface area contributed by atoms with Crippen LogP contribution in [0.15, 0.2) is 98.3 Å². The van der Waals surface area contributed by atoms with Crippen molar-refractivity contribution in [3.63, 3.8) is 0 Å². The molecule has 4 atom stereocenters. The highest BCUT2D eigenvalue weighted by atomic mass is 79.9. The van der Waals surface area contributed by atoms with E-state index in [9.17, 15) is 14.4 Å². The molecule has 0 radical (unpaired) electrons. The zero-order valence-corrected chi connectivity index (χ0v) is 26.0. The summed E-state index contributed by atoms with van der Waals surface area (Å²) in [6.45, 7) is 3.89. The maximum absolute atomic E-state index is 14.1. The lowest BCUT2D eigenvalue weighted by atomic mass is 9.77. The maximum Gasteiger partial charge on any atom is 0.264 e. The zero-order valence-electron chi connectivity index (χ0n) is 24.4. The van der Waals surface area contributed by atoms with Gasteiger partial charge in [-0.15, -0.1) is 0 Å². The van der Waals surface area contributed by atoms with Gasteiger partial charge in [0.15, 0.2) is 12.1 Å². The van der Waals surface area contributed by atoms with E-state index in [1.807, 2.05) is 13.0 Å². The Hall–Kier alpha value is -4.44. The van der Waals surface area contributed by atoms with Crippen molar-refractivity contribution in [3.8, 4) is 0 Å². The Morgan fingerprint density at radius 1 is 0.955 bits per heavy atom. The molecule has 0 spiro atoms. The molecule has 3 aromatic rings. The van der Waals surface area contributed by atoms with Crippen molar-refractivity contribution in [2.75, 3.05) is 11.4 Å². The molecule has 10 heteroatoms. The lowest BCUT2D eigenvalue weighted by Gasteiger charge is -2.30. The van der Waals surface area contributed by atoms with Crippen LogP contribution in [-0.4, -0.2) is 52.1 Å². The number of amides is 3. The number of halogens is 1. The SMILES string of the molecule is Cc1ccc(C=C2CCCC3C2=NN(C(=O)CN2N=NC4C(=O)N(c5cccc(Br)c5)C(=O)C42)C3c2ccc(C)cc2)cc1. The fourth-order valence-corrected chi connectivity index (χ4v) is 6.99. The van der Waals surface area contributed by atoms with Gasteiger partial charge in [0.25, 0.3) is 17.7 Å². The minimum absolute atomic E-state index is 0.0433. The van der Waals surface area contributed by atoms with Gasteiger partial charge in [0.1, 0.15) is 6.54 Å². The number of nitrogens with zero attached hydrogens (tertiary/aromatic N) is 6. The van der Waals surface area contributed by atoms with Gasteiger partial charge < -0.3 is 0 Å². The van der Waals surface area contributed by atoms with Gasteiger partial charge in [-0.05, 0) is 74.1 Å². The average Bonchev–Trinajstić information content (AvgIpc) is 3.68. The van der Waals surface area contributed by atoms with Crippen LogP contribution in [-0.2, 0) is 14.4 Å². The maximum atomic E-state index is 14.1. The summed E-state index contributed by atoms with van der Waals surface area (Å²) in [5, 5.41) is 16.2. The number of allylic oxidation sites excluding steroid dienone is 1. The Kier molecular flexibility index (Phi) is 7.24. The molecule has 0 aromatic heterocycles. The molecule has 7 rings (SSSR count). The van der Waals surface area contributed by atoms with Crippen molar-refractivity contribution < 1.29 is 14.4 Å². The first-order valence-electron chi connectivity index (χ1n) is 14.8. The van der Waals surface area contributed by atoms with Crippen LogP contribution in [0.4, 0.5) is 5.69 Å². The van der Waals surface area contributed by atoms with Gasteiger partial charge in [-0.1, -0.05) is 86.9 Å². The summed E-state index contributed by atoms with van der Waals surface area (Å²) in [6.07, 6.45) is 4.98. The van der Waals surface area contributed by atoms with Crippen LogP contribution in [0.25, 0.3) is 6.08 Å². The summed E-state index contributed by atoms with van der Waals surface area (Å²) in [6, 6.07) is 21.4. The minimum Gasteiger partial charge on any atom is -0.271 e. The normalized spacial score (nSPS) is 25.1. The fourth-order valence-electron chi connectivity index (χ4n) is 6.60. The van der Waals surface area contributed by atoms with E-state index in [2.05, 4.69) is 87.8 Å². The number of imide groups is 1. The Balaban J connectivity index is 1.19. The van der Waals surface area contributed by atoms with E-state index in [4.69, 9.17) is 5.10 Å². The van der Waals surface area contributed by atoms with Crippen molar-refractivity contribution >= 4 is 51.1 Å². The number of hydrogen-bond donors (Lipinski definition) is 0. The lowest BCUT2D eigenvalue weighted by molar-refractivity contribution is -0.136. The van der Waals surface area contributed by atoms with E-state index in [1.54, 1.807) is 23.2 Å². The van der Waals surface area contributed by atoms with Crippen LogP contribution < -0.4 is 4.90 Å². The number of fused-ring (bicyclic) bond motifs is 2. The van der Waals surface area contributed by atoms with Crippen LogP contribution in [0.5, 0.6) is 0 Å². The predicted molar refractivity (Wildman–Crippen MR) is 170 cm³/mol. The van der Waals surface area contributed by atoms with Crippen LogP contribution in [0.3, 0.4) is 0 Å². The minimum atomic E-state index is -0.987. The molecular weight excluding hydrogens is 620 g/mol. The second-order valence-corrected chi connectivity index (χ2v) is 12.8. The van der Waals surface area contributed by atoms with Crippen LogP contribution in [0.1, 0.15) is 47.6 Å². The standard InChI is InChI=1S/C34H31BrN6O3/c1-20-9-13-22(14-10-20)17-24-5-3-8-27-29(24)37-41(31(27)23-15-11-21(2)12-16-23)28(42)19-39-32-30(36-38-39)33(43)40(34(32)44)26-7-4-6-25(35)18-26/h4,6-7,9-18,27,30-32H,3,5,8,19H2,1-2H3. The van der Waals surface area contributed by atoms with Crippen molar-refractivity contribution in [1.29, 1.82) is 0 Å². The third kappa shape index (κ3) is 4.96. The molecule has 4 unspecified atom stereocenters. The molecule has 222 valence electrons. The van der Waals surface area contributed by atoms with E-state index in [0.29, 0.717) is 5.69 Å². The highest BCUT2D eigenvalue weighted by Gasteiger charge is 2.55. The van der Waals surface area contributed by atoms with Gasteiger partial charge >= 0.3 is 0 Å². The van der Waals surface area contributed by atoms with Crippen molar-refractivity contribution in [3.05, 3.63) is 105 Å². The highest BCUT2D eigenvalue weighted by Crippen LogP contribution is 2.45. The Bertz CT molecular complexity index is 1750. The van der Waals surface area contributed by atoms with Crippen molar-refractivity contribution in [2.45, 2.75) is 51.2 Å². The molecule has 0 N–H and O–H groups in total. The third-order valence-corrected chi connectivity index (χ3v) is 9.31. The smallest absolute Gasteiger partial charge is 0.264 e. The van der Waals surface area contributed by atoms with Crippen LogP contribution in [0.2, 0.25) is 0 Å². The van der Waals surface area contributed by atoms with E-state index < -0.39 is 23.9 Å². The van der Waals surface area contributed by atoms with E-state index in [0.717, 1.165) is 56.6 Å².